The number of hydrogen-bond donors (Lipinski definition) is 2. The van der Waals surface area contributed by atoms with Crippen LogP contribution in [0.1, 0.15) is 38.3 Å². The minimum absolute atomic E-state index is 0. The standard InChI is InChI=1S/C19H25N3O4.ClH/c1-19(2,3)26-18(25)22-8-7-16(15(12-22)17(23)24)21-11-14-6-4-5-13(9-14)10-20;/h4-6,9,15-16,21H,7-8,11-12H2,1-3H3,(H,23,24);1H. The van der Waals surface area contributed by atoms with Crippen molar-refractivity contribution < 1.29 is 19.4 Å². The predicted octanol–water partition coefficient (Wildman–Crippen LogP) is 2.78. The van der Waals surface area contributed by atoms with Crippen molar-refractivity contribution in [1.82, 2.24) is 10.2 Å². The maximum Gasteiger partial charge on any atom is 0.410 e. The van der Waals surface area contributed by atoms with E-state index >= 15 is 0 Å². The van der Waals surface area contributed by atoms with Gasteiger partial charge in [-0.1, -0.05) is 12.1 Å². The van der Waals surface area contributed by atoms with Gasteiger partial charge < -0.3 is 20.1 Å². The molecule has 2 rings (SSSR count). The van der Waals surface area contributed by atoms with Crippen LogP contribution < -0.4 is 5.32 Å². The molecular weight excluding hydrogens is 370 g/mol. The zero-order chi connectivity index (χ0) is 19.3. The molecule has 2 atom stereocenters. The number of rotatable bonds is 4. The zero-order valence-corrected chi connectivity index (χ0v) is 16.6. The summed E-state index contributed by atoms with van der Waals surface area (Å²) in [6.45, 7) is 6.36. The molecule has 1 saturated heterocycles. The molecule has 0 spiro atoms. The third kappa shape index (κ3) is 6.74. The average Bonchev–Trinajstić information content (AvgIpc) is 2.58. The molecule has 0 aliphatic carbocycles. The summed E-state index contributed by atoms with van der Waals surface area (Å²) in [6, 6.07) is 9.03. The van der Waals surface area contributed by atoms with Crippen LogP contribution >= 0.6 is 12.4 Å². The van der Waals surface area contributed by atoms with Crippen LogP contribution in [0.3, 0.4) is 0 Å². The Hall–Kier alpha value is -2.30. The average molecular weight is 396 g/mol. The first kappa shape index (κ1) is 22.7. The lowest BCUT2D eigenvalue weighted by atomic mass is 9.92. The number of nitrogens with one attached hydrogen (secondary N) is 1. The quantitative estimate of drug-likeness (QED) is 0.812. The molecule has 0 bridgehead atoms. The van der Waals surface area contributed by atoms with Gasteiger partial charge in [0, 0.05) is 25.7 Å². The number of hydrogen-bond acceptors (Lipinski definition) is 5. The second-order valence-electron chi connectivity index (χ2n) is 7.46. The first-order valence-electron chi connectivity index (χ1n) is 8.63. The fourth-order valence-corrected chi connectivity index (χ4v) is 2.94. The number of carboxylic acids is 1. The second kappa shape index (κ2) is 9.58. The highest BCUT2D eigenvalue weighted by atomic mass is 35.5. The summed E-state index contributed by atoms with van der Waals surface area (Å²) in [7, 11) is 0. The molecule has 1 aromatic carbocycles. The molecule has 27 heavy (non-hydrogen) atoms. The predicted molar refractivity (Wildman–Crippen MR) is 103 cm³/mol. The van der Waals surface area contributed by atoms with E-state index in [1.807, 2.05) is 6.07 Å². The van der Waals surface area contributed by atoms with Crippen molar-refractivity contribution in [2.45, 2.75) is 45.4 Å². The second-order valence-corrected chi connectivity index (χ2v) is 7.46. The van der Waals surface area contributed by atoms with Crippen LogP contribution in [-0.4, -0.2) is 46.8 Å². The summed E-state index contributed by atoms with van der Waals surface area (Å²) in [4.78, 5) is 25.3. The molecule has 1 aliphatic heterocycles. The molecule has 2 N–H and O–H groups in total. The minimum atomic E-state index is -0.943. The Kier molecular flexibility index (Phi) is 8.07. The highest BCUT2D eigenvalue weighted by molar-refractivity contribution is 5.85. The van der Waals surface area contributed by atoms with Gasteiger partial charge in [-0.2, -0.15) is 5.26 Å². The fourth-order valence-electron chi connectivity index (χ4n) is 2.94. The van der Waals surface area contributed by atoms with Crippen molar-refractivity contribution in [2.24, 2.45) is 5.92 Å². The van der Waals surface area contributed by atoms with E-state index in [0.29, 0.717) is 25.1 Å². The Morgan fingerprint density at radius 2 is 2.11 bits per heavy atom. The number of halogens is 1. The molecule has 0 radical (unpaired) electrons. The molecule has 8 heteroatoms. The summed E-state index contributed by atoms with van der Waals surface area (Å²) >= 11 is 0. The molecule has 0 aromatic heterocycles. The number of benzene rings is 1. The number of piperidine rings is 1. The molecule has 1 heterocycles. The molecule has 7 nitrogen and oxygen atoms in total. The van der Waals surface area contributed by atoms with Gasteiger partial charge in [-0.25, -0.2) is 4.79 Å². The third-order valence-electron chi connectivity index (χ3n) is 4.21. The van der Waals surface area contributed by atoms with E-state index in [2.05, 4.69) is 11.4 Å². The molecule has 1 aromatic rings. The summed E-state index contributed by atoms with van der Waals surface area (Å²) in [5.41, 5.74) is 0.873. The SMILES string of the molecule is CC(C)(C)OC(=O)N1CCC(NCc2cccc(C#N)c2)C(C(=O)O)C1.Cl. The van der Waals surface area contributed by atoms with Crippen LogP contribution in [0.4, 0.5) is 4.79 Å². The number of nitrogens with zero attached hydrogens (tertiary/aromatic N) is 2. The smallest absolute Gasteiger partial charge is 0.410 e. The molecule has 1 aliphatic rings. The number of amides is 1. The third-order valence-corrected chi connectivity index (χ3v) is 4.21. The summed E-state index contributed by atoms with van der Waals surface area (Å²) < 4.78 is 5.34. The maximum absolute atomic E-state index is 12.2. The summed E-state index contributed by atoms with van der Waals surface area (Å²) in [5, 5.41) is 21.8. The minimum Gasteiger partial charge on any atom is -0.481 e. The van der Waals surface area contributed by atoms with E-state index in [-0.39, 0.29) is 25.0 Å². The van der Waals surface area contributed by atoms with Crippen LogP contribution in [0.15, 0.2) is 24.3 Å². The largest absolute Gasteiger partial charge is 0.481 e. The Bertz CT molecular complexity index is 712. The van der Waals surface area contributed by atoms with Crippen molar-refractivity contribution >= 4 is 24.5 Å². The van der Waals surface area contributed by atoms with Crippen molar-refractivity contribution in [3.63, 3.8) is 0 Å². The normalized spacial score (nSPS) is 19.6. The summed E-state index contributed by atoms with van der Waals surface area (Å²) in [5.74, 6) is -1.66. The van der Waals surface area contributed by atoms with Crippen molar-refractivity contribution in [3.8, 4) is 6.07 Å². The van der Waals surface area contributed by atoms with E-state index in [4.69, 9.17) is 10.00 Å². The van der Waals surface area contributed by atoms with E-state index in [0.717, 1.165) is 5.56 Å². The fraction of sp³-hybridized carbons (Fsp3) is 0.526. The van der Waals surface area contributed by atoms with Gasteiger partial charge in [-0.05, 0) is 44.9 Å². The van der Waals surface area contributed by atoms with Gasteiger partial charge in [0.1, 0.15) is 5.60 Å². The first-order chi connectivity index (χ1) is 12.2. The Balaban J connectivity index is 0.00000364. The monoisotopic (exact) mass is 395 g/mol. The van der Waals surface area contributed by atoms with E-state index in [9.17, 15) is 14.7 Å². The number of carbonyl (C=O) groups is 2. The van der Waals surface area contributed by atoms with Crippen molar-refractivity contribution in [2.75, 3.05) is 13.1 Å². The lowest BCUT2D eigenvalue weighted by Crippen LogP contribution is -2.54. The van der Waals surface area contributed by atoms with E-state index in [1.54, 1.807) is 39.0 Å². The summed E-state index contributed by atoms with van der Waals surface area (Å²) in [6.07, 6.45) is 0.0395. The van der Waals surface area contributed by atoms with Crippen molar-refractivity contribution in [3.05, 3.63) is 35.4 Å². The number of carboxylic acid groups (broad SMARTS) is 1. The first-order valence-corrected chi connectivity index (χ1v) is 8.63. The number of carbonyl (C=O) groups excluding carboxylic acids is 1. The molecule has 0 saturated carbocycles. The van der Waals surface area contributed by atoms with Crippen LogP contribution in [0.25, 0.3) is 0 Å². The van der Waals surface area contributed by atoms with Gasteiger partial charge in [0.15, 0.2) is 0 Å². The Morgan fingerprint density at radius 3 is 2.70 bits per heavy atom. The topological polar surface area (TPSA) is 103 Å². The highest BCUT2D eigenvalue weighted by Crippen LogP contribution is 2.21. The van der Waals surface area contributed by atoms with Crippen LogP contribution in [-0.2, 0) is 16.1 Å². The van der Waals surface area contributed by atoms with Crippen LogP contribution in [0.2, 0.25) is 0 Å². The lowest BCUT2D eigenvalue weighted by Gasteiger charge is -2.37. The molecule has 1 fully saturated rings. The van der Waals surface area contributed by atoms with Gasteiger partial charge in [-0.3, -0.25) is 4.79 Å². The lowest BCUT2D eigenvalue weighted by molar-refractivity contribution is -0.144. The molecule has 2 unspecified atom stereocenters. The number of aliphatic carboxylic acids is 1. The molecule has 1 amide bonds. The molecule has 148 valence electrons. The van der Waals surface area contributed by atoms with Gasteiger partial charge in [0.25, 0.3) is 0 Å². The molecular formula is C19H26ClN3O4. The van der Waals surface area contributed by atoms with Crippen LogP contribution in [0.5, 0.6) is 0 Å². The number of likely N-dealkylation sites (tertiary alicyclic amines) is 1. The van der Waals surface area contributed by atoms with Gasteiger partial charge >= 0.3 is 12.1 Å². The van der Waals surface area contributed by atoms with Gasteiger partial charge in [0.2, 0.25) is 0 Å². The number of ether oxygens (including phenoxy) is 1. The Morgan fingerprint density at radius 1 is 1.41 bits per heavy atom. The van der Waals surface area contributed by atoms with E-state index < -0.39 is 23.6 Å². The zero-order valence-electron chi connectivity index (χ0n) is 15.8. The van der Waals surface area contributed by atoms with Gasteiger partial charge in [-0.15, -0.1) is 12.4 Å². The van der Waals surface area contributed by atoms with Gasteiger partial charge in [0.05, 0.1) is 17.6 Å². The maximum atomic E-state index is 12.2. The number of nitriles is 1. The van der Waals surface area contributed by atoms with Crippen LogP contribution in [0, 0.1) is 17.2 Å². The van der Waals surface area contributed by atoms with E-state index in [1.165, 1.54) is 4.90 Å². The Labute approximate surface area is 165 Å². The van der Waals surface area contributed by atoms with Crippen molar-refractivity contribution in [1.29, 1.82) is 5.26 Å². The highest BCUT2D eigenvalue weighted by Gasteiger charge is 2.37.